The monoisotopic (exact) mass is 461 g/mol. The second-order valence-corrected chi connectivity index (χ2v) is 7.47. The van der Waals surface area contributed by atoms with Crippen molar-refractivity contribution in [2.75, 3.05) is 5.73 Å². The second-order valence-electron chi connectivity index (χ2n) is 7.03. The van der Waals surface area contributed by atoms with Crippen molar-refractivity contribution in [3.8, 4) is 5.69 Å². The summed E-state index contributed by atoms with van der Waals surface area (Å²) in [5, 5.41) is 5.03. The summed E-state index contributed by atoms with van der Waals surface area (Å²) >= 11 is 5.97. The number of anilines is 1. The van der Waals surface area contributed by atoms with Crippen LogP contribution in [0.4, 0.5) is 5.82 Å². The van der Waals surface area contributed by atoms with Gasteiger partial charge in [0.25, 0.3) is 11.5 Å². The number of carbonyl (C=O) groups is 1. The van der Waals surface area contributed by atoms with E-state index in [0.717, 1.165) is 11.5 Å². The average Bonchev–Trinajstić information content (AvgIpc) is 3.15. The summed E-state index contributed by atoms with van der Waals surface area (Å²) in [6, 6.07) is 16.4. The Morgan fingerprint density at radius 1 is 1.12 bits per heavy atom. The highest BCUT2D eigenvalue weighted by Gasteiger charge is 2.15. The largest absolute Gasteiger partial charge is 0.381 e. The molecule has 0 radical (unpaired) electrons. The SMILES string of the molecule is CCc1nc2cc(Cl)ccc2c(=O)n1-c1ccccc1.NC(=O)c1c(N)nn2cccnc12. The molecule has 1 amide bonds. The number of aryl methyl sites for hydroxylation is 1. The Balaban J connectivity index is 0.000000172. The van der Waals surface area contributed by atoms with E-state index in [0.29, 0.717) is 28.0 Å². The predicted molar refractivity (Wildman–Crippen MR) is 128 cm³/mol. The van der Waals surface area contributed by atoms with E-state index < -0.39 is 5.91 Å². The molecule has 0 fully saturated rings. The highest BCUT2D eigenvalue weighted by atomic mass is 35.5. The van der Waals surface area contributed by atoms with Gasteiger partial charge in [0.2, 0.25) is 0 Å². The number of hydrogen-bond donors (Lipinski definition) is 2. The zero-order valence-electron chi connectivity index (χ0n) is 17.6. The van der Waals surface area contributed by atoms with Crippen molar-refractivity contribution in [1.29, 1.82) is 0 Å². The van der Waals surface area contributed by atoms with E-state index in [2.05, 4.69) is 15.1 Å². The van der Waals surface area contributed by atoms with Crippen molar-refractivity contribution in [3.05, 3.63) is 93.8 Å². The van der Waals surface area contributed by atoms with Gasteiger partial charge in [0.15, 0.2) is 11.5 Å². The van der Waals surface area contributed by atoms with Crippen LogP contribution in [0.1, 0.15) is 23.1 Å². The van der Waals surface area contributed by atoms with E-state index in [-0.39, 0.29) is 16.9 Å². The smallest absolute Gasteiger partial charge is 0.265 e. The molecule has 0 saturated carbocycles. The molecule has 0 aliphatic heterocycles. The van der Waals surface area contributed by atoms with Crippen molar-refractivity contribution in [2.24, 2.45) is 5.73 Å². The van der Waals surface area contributed by atoms with Crippen LogP contribution in [0.15, 0.2) is 71.8 Å². The van der Waals surface area contributed by atoms with Gasteiger partial charge in [0.1, 0.15) is 11.4 Å². The summed E-state index contributed by atoms with van der Waals surface area (Å²) in [5.74, 6) is 0.216. The lowest BCUT2D eigenvalue weighted by molar-refractivity contribution is 0.100. The van der Waals surface area contributed by atoms with Gasteiger partial charge in [-0.15, -0.1) is 5.10 Å². The number of benzene rings is 2. The fourth-order valence-electron chi connectivity index (χ4n) is 3.43. The van der Waals surface area contributed by atoms with Gasteiger partial charge in [0.05, 0.1) is 16.6 Å². The summed E-state index contributed by atoms with van der Waals surface area (Å²) in [6.45, 7) is 1.98. The number of carbonyl (C=O) groups excluding carboxylic acids is 1. The minimum Gasteiger partial charge on any atom is -0.381 e. The summed E-state index contributed by atoms with van der Waals surface area (Å²) in [6.07, 6.45) is 3.86. The molecule has 0 bridgehead atoms. The zero-order valence-corrected chi connectivity index (χ0v) is 18.4. The first-order valence-electron chi connectivity index (χ1n) is 10.1. The molecule has 33 heavy (non-hydrogen) atoms. The van der Waals surface area contributed by atoms with E-state index in [1.54, 1.807) is 41.2 Å². The van der Waals surface area contributed by atoms with Crippen molar-refractivity contribution in [3.63, 3.8) is 0 Å². The summed E-state index contributed by atoms with van der Waals surface area (Å²) in [4.78, 5) is 32.2. The third-order valence-electron chi connectivity index (χ3n) is 4.90. The van der Waals surface area contributed by atoms with Crippen LogP contribution in [-0.2, 0) is 6.42 Å². The third-order valence-corrected chi connectivity index (χ3v) is 5.14. The number of fused-ring (bicyclic) bond motifs is 2. The molecule has 5 aromatic rings. The maximum absolute atomic E-state index is 12.7. The van der Waals surface area contributed by atoms with Crippen LogP contribution in [0.2, 0.25) is 5.02 Å². The molecule has 3 heterocycles. The van der Waals surface area contributed by atoms with E-state index in [1.165, 1.54) is 4.52 Å². The number of nitrogen functional groups attached to an aromatic ring is 1. The molecule has 2 aromatic carbocycles. The molecule has 0 unspecified atom stereocenters. The number of halogens is 1. The molecule has 0 spiro atoms. The number of hydrogen-bond acceptors (Lipinski definition) is 6. The topological polar surface area (TPSA) is 134 Å². The van der Waals surface area contributed by atoms with Crippen LogP contribution in [0.5, 0.6) is 0 Å². The van der Waals surface area contributed by atoms with Gasteiger partial charge in [-0.05, 0) is 36.4 Å². The van der Waals surface area contributed by atoms with Crippen LogP contribution in [0, 0.1) is 0 Å². The summed E-state index contributed by atoms with van der Waals surface area (Å²) < 4.78 is 3.08. The van der Waals surface area contributed by atoms with Gasteiger partial charge < -0.3 is 11.5 Å². The second kappa shape index (κ2) is 9.09. The van der Waals surface area contributed by atoms with E-state index in [9.17, 15) is 9.59 Å². The highest BCUT2D eigenvalue weighted by molar-refractivity contribution is 6.31. The Morgan fingerprint density at radius 2 is 1.88 bits per heavy atom. The first-order chi connectivity index (χ1) is 15.9. The molecule has 9 nitrogen and oxygen atoms in total. The van der Waals surface area contributed by atoms with Crippen LogP contribution < -0.4 is 17.0 Å². The molecule has 0 aliphatic rings. The van der Waals surface area contributed by atoms with Crippen LogP contribution in [-0.4, -0.2) is 30.1 Å². The predicted octanol–water partition coefficient (Wildman–Crippen LogP) is 3.01. The van der Waals surface area contributed by atoms with Crippen molar-refractivity contribution in [1.82, 2.24) is 24.1 Å². The number of para-hydroxylation sites is 1. The Bertz CT molecular complexity index is 1530. The Kier molecular flexibility index (Phi) is 6.05. The number of primary amides is 1. The molecule has 4 N–H and O–H groups in total. The molecule has 0 atom stereocenters. The van der Waals surface area contributed by atoms with Crippen LogP contribution in [0.25, 0.3) is 22.2 Å². The lowest BCUT2D eigenvalue weighted by Gasteiger charge is -2.12. The van der Waals surface area contributed by atoms with Gasteiger partial charge in [0, 0.05) is 23.8 Å². The molecule has 0 aliphatic carbocycles. The minimum absolute atomic E-state index is 0.0604. The van der Waals surface area contributed by atoms with Gasteiger partial charge in [-0.25, -0.2) is 14.5 Å². The molecular weight excluding hydrogens is 442 g/mol. The first-order valence-corrected chi connectivity index (χ1v) is 10.4. The first kappa shape index (κ1) is 22.0. The Hall–Kier alpha value is -4.24. The number of amides is 1. The molecule has 166 valence electrons. The third kappa shape index (κ3) is 4.26. The maximum Gasteiger partial charge on any atom is 0.265 e. The van der Waals surface area contributed by atoms with Crippen molar-refractivity contribution >= 4 is 39.9 Å². The molecule has 0 saturated heterocycles. The quantitative estimate of drug-likeness (QED) is 0.424. The molecule has 5 rings (SSSR count). The Labute approximate surface area is 193 Å². The van der Waals surface area contributed by atoms with Gasteiger partial charge in [-0.2, -0.15) is 0 Å². The number of nitrogens with two attached hydrogens (primary N) is 2. The fraction of sp³-hybridized carbons (Fsp3) is 0.0870. The zero-order chi connectivity index (χ0) is 23.5. The summed E-state index contributed by atoms with van der Waals surface area (Å²) in [7, 11) is 0. The highest BCUT2D eigenvalue weighted by Crippen LogP contribution is 2.17. The minimum atomic E-state index is -0.619. The van der Waals surface area contributed by atoms with E-state index in [1.807, 2.05) is 37.3 Å². The Morgan fingerprint density at radius 3 is 2.58 bits per heavy atom. The van der Waals surface area contributed by atoms with E-state index in [4.69, 9.17) is 23.1 Å². The average molecular weight is 462 g/mol. The maximum atomic E-state index is 12.7. The van der Waals surface area contributed by atoms with Crippen molar-refractivity contribution < 1.29 is 4.79 Å². The molecular formula is C23H20ClN7O2. The van der Waals surface area contributed by atoms with Crippen LogP contribution in [0.3, 0.4) is 0 Å². The standard InChI is InChI=1S/C16H13ClN2O.C7H7N5O/c1-2-15-18-14-10-11(17)8-9-13(14)16(20)19(15)12-6-4-3-5-7-12;8-5-4(6(9)13)7-10-2-1-3-12(7)11-5/h3-10H,2H2,1H3;1-3H,(H2,8,11)(H2,9,13). The molecule has 10 heteroatoms. The molecule has 3 aromatic heterocycles. The lowest BCUT2D eigenvalue weighted by atomic mass is 10.2. The number of nitrogens with zero attached hydrogens (tertiary/aromatic N) is 5. The number of aromatic nitrogens is 5. The summed E-state index contributed by atoms with van der Waals surface area (Å²) in [5.41, 5.74) is 12.6. The van der Waals surface area contributed by atoms with Crippen molar-refractivity contribution in [2.45, 2.75) is 13.3 Å². The lowest BCUT2D eigenvalue weighted by Crippen LogP contribution is -2.23. The van der Waals surface area contributed by atoms with Crippen LogP contribution >= 0.6 is 11.6 Å². The number of rotatable bonds is 3. The fourth-order valence-corrected chi connectivity index (χ4v) is 3.59. The van der Waals surface area contributed by atoms with E-state index >= 15 is 0 Å². The normalized spacial score (nSPS) is 10.7. The van der Waals surface area contributed by atoms with Gasteiger partial charge in [-0.3, -0.25) is 14.2 Å². The van der Waals surface area contributed by atoms with Gasteiger partial charge >= 0.3 is 0 Å². The van der Waals surface area contributed by atoms with Gasteiger partial charge in [-0.1, -0.05) is 36.7 Å².